The number of rotatable bonds is 8. The van der Waals surface area contributed by atoms with Crippen LogP contribution in [0.25, 0.3) is 17.1 Å². The number of aromatic hydroxyl groups is 1. The predicted octanol–water partition coefficient (Wildman–Crippen LogP) is 2.20. The first-order valence-corrected chi connectivity index (χ1v) is 17.0. The predicted molar refractivity (Wildman–Crippen MR) is 191 cm³/mol. The smallest absolute Gasteiger partial charge is 0.347 e. The lowest BCUT2D eigenvalue weighted by Gasteiger charge is -2.47. The summed E-state index contributed by atoms with van der Waals surface area (Å²) in [7, 11) is 7.27. The second kappa shape index (κ2) is 12.4. The lowest BCUT2D eigenvalue weighted by atomic mass is 9.66. The highest BCUT2D eigenvalue weighted by Crippen LogP contribution is 2.60. The Hall–Kier alpha value is -5.28. The first-order chi connectivity index (χ1) is 24.7. The number of carbonyl (C=O) groups excluding carboxylic acids is 2. The van der Waals surface area contributed by atoms with Crippen LogP contribution >= 0.6 is 23.2 Å². The molecule has 0 spiro atoms. The SMILES string of the molecule is COc1cc(C=C[C@H]2C3=CCn4c(=O)n(CCc5nc6cc(OC)c(OC)cc6n(C)c5=O)c(=O)n4[C@@H]3C[C@@]3(Cl)C(=O)N(C)C(=O)[C@@]23Cl)ccc1O. The van der Waals surface area contributed by atoms with E-state index >= 15 is 0 Å². The summed E-state index contributed by atoms with van der Waals surface area (Å²) in [4.78, 5) is 70.1. The van der Waals surface area contributed by atoms with Crippen LogP contribution in [0.15, 0.2) is 62.4 Å². The third kappa shape index (κ3) is 4.85. The van der Waals surface area contributed by atoms with E-state index in [0.29, 0.717) is 33.7 Å². The number of fused-ring (bicyclic) bond motifs is 5. The van der Waals surface area contributed by atoms with E-state index < -0.39 is 50.5 Å². The van der Waals surface area contributed by atoms with Gasteiger partial charge >= 0.3 is 11.4 Å². The van der Waals surface area contributed by atoms with Crippen molar-refractivity contribution in [3.05, 3.63) is 90.6 Å². The van der Waals surface area contributed by atoms with Crippen molar-refractivity contribution >= 4 is 52.1 Å². The van der Waals surface area contributed by atoms with Crippen LogP contribution < -0.4 is 31.1 Å². The summed E-state index contributed by atoms with van der Waals surface area (Å²) in [5.41, 5.74) is 0.456. The molecule has 7 rings (SSSR count). The molecule has 1 N–H and O–H groups in total. The average Bonchev–Trinajstić information content (AvgIpc) is 3.46. The molecule has 0 radical (unpaired) electrons. The molecule has 2 fully saturated rings. The van der Waals surface area contributed by atoms with Crippen molar-refractivity contribution in [1.82, 2.24) is 28.4 Å². The molecular formula is C35H34Cl2N6O9. The van der Waals surface area contributed by atoms with Gasteiger partial charge < -0.3 is 23.9 Å². The van der Waals surface area contributed by atoms with Crippen LogP contribution in [0.2, 0.25) is 0 Å². The zero-order valence-electron chi connectivity index (χ0n) is 28.8. The molecule has 15 nitrogen and oxygen atoms in total. The van der Waals surface area contributed by atoms with Crippen LogP contribution in [-0.4, -0.2) is 83.4 Å². The standard InChI is InChI=1S/C35H34Cl2N6O9/c1-39-23-16-28(52-5)27(51-4)15-22(23)38-21(29(39)45)11-12-41-32(48)42-13-10-19-20(8-6-18-7-9-25(44)26(14-18)50-3)35(37)31(47)40(2)30(46)34(35,36)17-24(19)43(42)33(41)49/h6-10,14-16,20,24,44H,11-13,17H2,1-5H3/t20-,24+,34+,35-/m0/s1. The van der Waals surface area contributed by atoms with Gasteiger partial charge in [0.15, 0.2) is 32.7 Å². The number of aromatic nitrogens is 5. The Morgan fingerprint density at radius 3 is 2.33 bits per heavy atom. The van der Waals surface area contributed by atoms with E-state index in [2.05, 4.69) is 4.98 Å². The van der Waals surface area contributed by atoms with Crippen molar-refractivity contribution in [3.8, 4) is 23.0 Å². The number of alkyl halides is 2. The number of nitrogens with zero attached hydrogens (tertiary/aromatic N) is 6. The lowest BCUT2D eigenvalue weighted by Crippen LogP contribution is -2.60. The average molecular weight is 754 g/mol. The third-order valence-electron chi connectivity index (χ3n) is 10.3. The summed E-state index contributed by atoms with van der Waals surface area (Å²) in [6, 6.07) is 7.00. The van der Waals surface area contributed by atoms with E-state index in [0.717, 1.165) is 9.47 Å². The number of hydrogen-bond acceptors (Lipinski definition) is 10. The summed E-state index contributed by atoms with van der Waals surface area (Å²) >= 11 is 14.3. The summed E-state index contributed by atoms with van der Waals surface area (Å²) < 4.78 is 20.9. The highest BCUT2D eigenvalue weighted by molar-refractivity contribution is 6.53. The van der Waals surface area contributed by atoms with Crippen LogP contribution in [0.5, 0.6) is 23.0 Å². The number of imide groups is 1. The monoisotopic (exact) mass is 752 g/mol. The number of phenols is 1. The van der Waals surface area contributed by atoms with Crippen molar-refractivity contribution in [3.63, 3.8) is 0 Å². The summed E-state index contributed by atoms with van der Waals surface area (Å²) in [6.45, 7) is -0.215. The normalized spacial score (nSPS) is 23.8. The van der Waals surface area contributed by atoms with E-state index in [1.165, 1.54) is 48.4 Å². The van der Waals surface area contributed by atoms with Gasteiger partial charge in [-0.1, -0.05) is 24.3 Å². The van der Waals surface area contributed by atoms with Gasteiger partial charge in [0.05, 0.1) is 44.9 Å². The molecule has 2 aliphatic heterocycles. The van der Waals surface area contributed by atoms with Gasteiger partial charge in [0, 0.05) is 51.5 Å². The van der Waals surface area contributed by atoms with Crippen molar-refractivity contribution < 1.29 is 28.9 Å². The quantitative estimate of drug-likeness (QED) is 0.160. The highest BCUT2D eigenvalue weighted by atomic mass is 35.5. The van der Waals surface area contributed by atoms with Crippen molar-refractivity contribution in [2.75, 3.05) is 28.4 Å². The van der Waals surface area contributed by atoms with E-state index in [1.54, 1.807) is 49.5 Å². The Balaban J connectivity index is 1.28. The summed E-state index contributed by atoms with van der Waals surface area (Å²) in [6.07, 6.45) is 4.72. The number of phenolic OH excluding ortho intramolecular Hbond substituents is 1. The molecule has 1 aliphatic carbocycles. The summed E-state index contributed by atoms with van der Waals surface area (Å²) in [5.74, 6) is -1.43. The van der Waals surface area contributed by atoms with Gasteiger partial charge in [-0.25, -0.2) is 28.5 Å². The van der Waals surface area contributed by atoms with Crippen molar-refractivity contribution in [2.24, 2.45) is 13.0 Å². The fraction of sp³-hybridized carbons (Fsp3) is 0.371. The molecule has 4 heterocycles. The minimum Gasteiger partial charge on any atom is -0.504 e. The number of carbonyl (C=O) groups is 2. The van der Waals surface area contributed by atoms with Gasteiger partial charge in [0.1, 0.15) is 5.69 Å². The second-order valence-corrected chi connectivity index (χ2v) is 14.1. The van der Waals surface area contributed by atoms with Gasteiger partial charge in [0.25, 0.3) is 17.4 Å². The number of aryl methyl sites for hydroxylation is 2. The molecule has 3 aliphatic rings. The molecule has 52 heavy (non-hydrogen) atoms. The Morgan fingerprint density at radius 1 is 0.942 bits per heavy atom. The van der Waals surface area contributed by atoms with E-state index in [1.807, 2.05) is 0 Å². The highest BCUT2D eigenvalue weighted by Gasteiger charge is 2.74. The zero-order valence-corrected chi connectivity index (χ0v) is 30.3. The number of methoxy groups -OCH3 is 3. The van der Waals surface area contributed by atoms with Crippen LogP contribution in [0.3, 0.4) is 0 Å². The maximum absolute atomic E-state index is 14.2. The maximum Gasteiger partial charge on any atom is 0.347 e. The maximum atomic E-state index is 14.2. The van der Waals surface area contributed by atoms with Gasteiger partial charge in [-0.05, 0) is 23.3 Å². The van der Waals surface area contributed by atoms with Crippen molar-refractivity contribution in [2.45, 2.75) is 41.7 Å². The number of halogens is 2. The number of benzene rings is 2. The number of hydrogen-bond donors (Lipinski definition) is 1. The van der Waals surface area contributed by atoms with E-state index in [9.17, 15) is 29.1 Å². The van der Waals surface area contributed by atoms with Crippen LogP contribution in [-0.2, 0) is 36.1 Å². The Bertz CT molecular complexity index is 2450. The van der Waals surface area contributed by atoms with Crippen LogP contribution in [0, 0.1) is 5.92 Å². The molecule has 4 atom stereocenters. The lowest BCUT2D eigenvalue weighted by molar-refractivity contribution is -0.137. The molecule has 2 amide bonds. The van der Waals surface area contributed by atoms with Crippen LogP contribution in [0.4, 0.5) is 0 Å². The molecule has 1 saturated carbocycles. The largest absolute Gasteiger partial charge is 0.504 e. The first-order valence-electron chi connectivity index (χ1n) is 16.2. The Morgan fingerprint density at radius 2 is 1.63 bits per heavy atom. The van der Waals surface area contributed by atoms with Gasteiger partial charge in [-0.3, -0.25) is 19.3 Å². The molecule has 4 aromatic rings. The van der Waals surface area contributed by atoms with Gasteiger partial charge in [-0.2, -0.15) is 0 Å². The van der Waals surface area contributed by atoms with Crippen molar-refractivity contribution in [1.29, 1.82) is 0 Å². The zero-order chi connectivity index (χ0) is 37.4. The molecule has 0 bridgehead atoms. The fourth-order valence-corrected chi connectivity index (χ4v) is 8.54. The van der Waals surface area contributed by atoms with E-state index in [4.69, 9.17) is 37.4 Å². The third-order valence-corrected chi connectivity index (χ3v) is 11.8. The minimum absolute atomic E-state index is 0.0396. The van der Waals surface area contributed by atoms with Crippen LogP contribution in [0.1, 0.15) is 23.7 Å². The first kappa shape index (κ1) is 35.1. The molecule has 272 valence electrons. The fourth-order valence-electron chi connectivity index (χ4n) is 7.59. The molecule has 2 aromatic heterocycles. The number of likely N-dealkylation sites (tertiary alicyclic amines) is 1. The molecular weight excluding hydrogens is 719 g/mol. The molecule has 1 saturated heterocycles. The number of allylic oxidation sites excluding steroid dienone is 3. The Kier molecular flexibility index (Phi) is 8.41. The Labute approximate surface area is 305 Å². The van der Waals surface area contributed by atoms with Gasteiger partial charge in [0.2, 0.25) is 0 Å². The molecule has 0 unspecified atom stereocenters. The number of ether oxygens (including phenoxy) is 3. The molecule has 2 aromatic carbocycles. The molecule has 17 heteroatoms. The second-order valence-electron chi connectivity index (χ2n) is 12.9. The van der Waals surface area contributed by atoms with Gasteiger partial charge in [-0.15, -0.1) is 23.2 Å². The number of amides is 2. The topological polar surface area (TPSA) is 169 Å². The minimum atomic E-state index is -1.98. The van der Waals surface area contributed by atoms with E-state index in [-0.39, 0.29) is 43.1 Å². The summed E-state index contributed by atoms with van der Waals surface area (Å²) in [5, 5.41) is 10.1.